The molecule has 0 saturated heterocycles. The van der Waals surface area contributed by atoms with Crippen molar-refractivity contribution >= 4 is 33.2 Å². The zero-order chi connectivity index (χ0) is 20.1. The lowest BCUT2D eigenvalue weighted by molar-refractivity contribution is -0.385. The number of aromatic nitrogens is 1. The third-order valence-electron chi connectivity index (χ3n) is 3.66. The number of carbonyl (C=O) groups excluding carboxylic acids is 1. The number of nitro benzene ring substituents is 1. The second kappa shape index (κ2) is 8.49. The number of hydrogen-bond donors (Lipinski definition) is 1. The smallest absolute Gasteiger partial charge is 0.282 e. The van der Waals surface area contributed by atoms with Crippen molar-refractivity contribution in [2.45, 2.75) is 0 Å². The van der Waals surface area contributed by atoms with Gasteiger partial charge in [0, 0.05) is 16.6 Å². The third-order valence-corrected chi connectivity index (χ3v) is 4.15. The van der Waals surface area contributed by atoms with Gasteiger partial charge in [-0.15, -0.1) is 0 Å². The molecule has 0 radical (unpaired) electrons. The number of nitrogens with zero attached hydrogens (tertiary/aromatic N) is 2. The molecule has 8 nitrogen and oxygen atoms in total. The summed E-state index contributed by atoms with van der Waals surface area (Å²) in [7, 11) is 1.41. The fourth-order valence-electron chi connectivity index (χ4n) is 2.35. The molecule has 0 aliphatic heterocycles. The molecule has 9 heteroatoms. The number of ether oxygens (including phenoxy) is 2. The summed E-state index contributed by atoms with van der Waals surface area (Å²) in [6.45, 7) is 0. The molecule has 0 saturated carbocycles. The van der Waals surface area contributed by atoms with Crippen LogP contribution in [0.1, 0.15) is 10.4 Å². The van der Waals surface area contributed by atoms with Gasteiger partial charge in [0.15, 0.2) is 0 Å². The summed E-state index contributed by atoms with van der Waals surface area (Å²) in [5.74, 6) is 0.633. The molecule has 1 amide bonds. The lowest BCUT2D eigenvalue weighted by Gasteiger charge is -2.09. The van der Waals surface area contributed by atoms with E-state index in [9.17, 15) is 14.9 Å². The molecule has 3 aromatic rings. The first-order valence-electron chi connectivity index (χ1n) is 7.99. The Morgan fingerprint density at radius 2 is 1.96 bits per heavy atom. The second-order valence-corrected chi connectivity index (χ2v) is 6.45. The van der Waals surface area contributed by atoms with Crippen LogP contribution >= 0.6 is 15.9 Å². The predicted molar refractivity (Wildman–Crippen MR) is 106 cm³/mol. The lowest BCUT2D eigenvalue weighted by Crippen LogP contribution is -2.14. The summed E-state index contributed by atoms with van der Waals surface area (Å²) in [6.07, 6.45) is 1.40. The van der Waals surface area contributed by atoms with Crippen LogP contribution in [0, 0.1) is 10.1 Å². The number of amides is 1. The van der Waals surface area contributed by atoms with Gasteiger partial charge in [0.25, 0.3) is 11.6 Å². The van der Waals surface area contributed by atoms with Crippen molar-refractivity contribution < 1.29 is 19.2 Å². The molecule has 28 heavy (non-hydrogen) atoms. The Bertz CT molecular complexity index is 1020. The maximum atomic E-state index is 12.5. The largest absolute Gasteiger partial charge is 0.497 e. The van der Waals surface area contributed by atoms with E-state index >= 15 is 0 Å². The number of rotatable bonds is 6. The zero-order valence-corrected chi connectivity index (χ0v) is 16.2. The molecule has 0 fully saturated rings. The SMILES string of the molecule is COc1ccc([N+](=O)[O-])c(C(=O)Nc2ccc(Oc3cccc(Br)c3)nc2)c1. The van der Waals surface area contributed by atoms with Crippen molar-refractivity contribution in [1.29, 1.82) is 0 Å². The van der Waals surface area contributed by atoms with Gasteiger partial charge in [-0.1, -0.05) is 22.0 Å². The van der Waals surface area contributed by atoms with Crippen molar-refractivity contribution in [2.24, 2.45) is 0 Å². The standard InChI is InChI=1S/C19H14BrN3O5/c1-27-14-6-7-17(23(25)26)16(10-14)19(24)22-13-5-8-18(21-11-13)28-15-4-2-3-12(20)9-15/h2-11H,1H3,(H,22,24). The molecular weight excluding hydrogens is 430 g/mol. The van der Waals surface area contributed by atoms with Crippen molar-refractivity contribution in [2.75, 3.05) is 12.4 Å². The zero-order valence-electron chi connectivity index (χ0n) is 14.6. The highest BCUT2D eigenvalue weighted by Gasteiger charge is 2.21. The van der Waals surface area contributed by atoms with Gasteiger partial charge < -0.3 is 14.8 Å². The lowest BCUT2D eigenvalue weighted by atomic mass is 10.1. The topological polar surface area (TPSA) is 104 Å². The summed E-state index contributed by atoms with van der Waals surface area (Å²) in [5, 5.41) is 13.8. The fourth-order valence-corrected chi connectivity index (χ4v) is 2.73. The molecule has 0 aliphatic carbocycles. The first kappa shape index (κ1) is 19.3. The number of methoxy groups -OCH3 is 1. The Hall–Kier alpha value is -3.46. The van der Waals surface area contributed by atoms with Crippen LogP contribution < -0.4 is 14.8 Å². The van der Waals surface area contributed by atoms with Gasteiger partial charge in [0.05, 0.1) is 23.9 Å². The molecular formula is C19H14BrN3O5. The summed E-state index contributed by atoms with van der Waals surface area (Å²) >= 11 is 3.36. The van der Waals surface area contributed by atoms with Crippen LogP contribution in [0.3, 0.4) is 0 Å². The number of anilines is 1. The van der Waals surface area contributed by atoms with Crippen LogP contribution in [0.2, 0.25) is 0 Å². The Labute approximate surface area is 168 Å². The minimum Gasteiger partial charge on any atom is -0.497 e. The van der Waals surface area contributed by atoms with Crippen molar-refractivity contribution in [3.63, 3.8) is 0 Å². The molecule has 0 aliphatic rings. The first-order valence-corrected chi connectivity index (χ1v) is 8.79. The number of carbonyl (C=O) groups is 1. The molecule has 1 aromatic heterocycles. The van der Waals surface area contributed by atoms with E-state index in [0.29, 0.717) is 23.1 Å². The fraction of sp³-hybridized carbons (Fsp3) is 0.0526. The van der Waals surface area contributed by atoms with Crippen LogP contribution in [0.5, 0.6) is 17.4 Å². The Balaban J connectivity index is 1.75. The van der Waals surface area contributed by atoms with Crippen molar-refractivity contribution in [3.05, 3.63) is 80.9 Å². The van der Waals surface area contributed by atoms with Gasteiger partial charge in [-0.25, -0.2) is 4.98 Å². The number of benzene rings is 2. The molecule has 2 aromatic carbocycles. The summed E-state index contributed by atoms with van der Waals surface area (Å²) in [6, 6.07) is 14.4. The van der Waals surface area contributed by atoms with Gasteiger partial charge in [-0.2, -0.15) is 0 Å². The minimum atomic E-state index is -0.645. The van der Waals surface area contributed by atoms with E-state index in [0.717, 1.165) is 4.47 Å². The van der Waals surface area contributed by atoms with Crippen LogP contribution in [0.15, 0.2) is 65.3 Å². The Morgan fingerprint density at radius 1 is 1.14 bits per heavy atom. The number of hydrogen-bond acceptors (Lipinski definition) is 6. The van der Waals surface area contributed by atoms with Gasteiger partial charge in [0.2, 0.25) is 5.88 Å². The van der Waals surface area contributed by atoms with Crippen LogP contribution in [-0.2, 0) is 0 Å². The molecule has 0 spiro atoms. The maximum absolute atomic E-state index is 12.5. The number of nitro groups is 1. The van der Waals surface area contributed by atoms with E-state index in [-0.39, 0.29) is 11.3 Å². The normalized spacial score (nSPS) is 10.2. The molecule has 0 bridgehead atoms. The molecule has 1 heterocycles. The molecule has 3 rings (SSSR count). The number of halogens is 1. The van der Waals surface area contributed by atoms with Crippen LogP contribution in [-0.4, -0.2) is 22.9 Å². The minimum absolute atomic E-state index is 0.112. The number of pyridine rings is 1. The maximum Gasteiger partial charge on any atom is 0.282 e. The number of nitrogens with one attached hydrogen (secondary N) is 1. The third kappa shape index (κ3) is 4.63. The van der Waals surface area contributed by atoms with E-state index in [1.807, 2.05) is 12.1 Å². The highest BCUT2D eigenvalue weighted by molar-refractivity contribution is 9.10. The second-order valence-electron chi connectivity index (χ2n) is 5.54. The molecule has 0 atom stereocenters. The quantitative estimate of drug-likeness (QED) is 0.433. The predicted octanol–water partition coefficient (Wildman–Crippen LogP) is 4.81. The van der Waals surface area contributed by atoms with Crippen LogP contribution in [0.25, 0.3) is 0 Å². The van der Waals surface area contributed by atoms with E-state index in [1.165, 1.54) is 31.5 Å². The van der Waals surface area contributed by atoms with Gasteiger partial charge in [0.1, 0.15) is 17.1 Å². The Morgan fingerprint density at radius 3 is 2.61 bits per heavy atom. The monoisotopic (exact) mass is 443 g/mol. The highest BCUT2D eigenvalue weighted by atomic mass is 79.9. The van der Waals surface area contributed by atoms with Crippen molar-refractivity contribution in [1.82, 2.24) is 4.98 Å². The van der Waals surface area contributed by atoms with Gasteiger partial charge >= 0.3 is 0 Å². The summed E-state index contributed by atoms with van der Waals surface area (Å²) < 4.78 is 11.5. The average Bonchev–Trinajstić information content (AvgIpc) is 2.69. The molecule has 1 N–H and O–H groups in total. The molecule has 0 unspecified atom stereocenters. The Kier molecular flexibility index (Phi) is 5.85. The van der Waals surface area contributed by atoms with Gasteiger partial charge in [-0.3, -0.25) is 14.9 Å². The van der Waals surface area contributed by atoms with E-state index in [2.05, 4.69) is 26.2 Å². The highest BCUT2D eigenvalue weighted by Crippen LogP contribution is 2.26. The molecule has 142 valence electrons. The van der Waals surface area contributed by atoms with E-state index < -0.39 is 10.8 Å². The van der Waals surface area contributed by atoms with Crippen LogP contribution in [0.4, 0.5) is 11.4 Å². The average molecular weight is 444 g/mol. The summed E-state index contributed by atoms with van der Waals surface area (Å²) in [5.41, 5.74) is -0.0663. The van der Waals surface area contributed by atoms with Gasteiger partial charge in [-0.05, 0) is 36.4 Å². The summed E-state index contributed by atoms with van der Waals surface area (Å²) in [4.78, 5) is 27.2. The van der Waals surface area contributed by atoms with E-state index in [4.69, 9.17) is 9.47 Å². The first-order chi connectivity index (χ1) is 13.5. The van der Waals surface area contributed by atoms with Crippen molar-refractivity contribution in [3.8, 4) is 17.4 Å². The van der Waals surface area contributed by atoms with E-state index in [1.54, 1.807) is 24.3 Å².